The van der Waals surface area contributed by atoms with Crippen LogP contribution >= 0.6 is 0 Å². The van der Waals surface area contributed by atoms with Crippen LogP contribution in [0.4, 0.5) is 0 Å². The Bertz CT molecular complexity index is 650. The van der Waals surface area contributed by atoms with Crippen LogP contribution in [-0.4, -0.2) is 48.4 Å². The summed E-state index contributed by atoms with van der Waals surface area (Å²) in [7, 11) is 3.11. The van der Waals surface area contributed by atoms with E-state index in [0.717, 1.165) is 16.5 Å². The van der Waals surface area contributed by atoms with Crippen molar-refractivity contribution >= 4 is 22.7 Å². The molecule has 0 saturated heterocycles. The first-order chi connectivity index (χ1) is 10.0. The van der Waals surface area contributed by atoms with Gasteiger partial charge in [0, 0.05) is 31.2 Å². The minimum atomic E-state index is -0.668. The highest BCUT2D eigenvalue weighted by Gasteiger charge is 2.21. The third-order valence-electron chi connectivity index (χ3n) is 3.47. The zero-order valence-corrected chi connectivity index (χ0v) is 12.2. The largest absolute Gasteiger partial charge is 0.361 e. The lowest BCUT2D eigenvalue weighted by Crippen LogP contribution is -2.46. The normalized spacial score (nSPS) is 12.1. The Hall–Kier alpha value is -2.34. The standard InChI is InChI=1S/C15H20N4O2/c1-17-14(20)9-19(2)15(21)12(16)7-10-8-18-13-6-4-3-5-11(10)13/h3-6,8,12,18H,7,9,16H2,1-2H3,(H,17,20)/t12-/m1/s1. The van der Waals surface area contributed by atoms with E-state index in [-0.39, 0.29) is 18.4 Å². The second-order valence-electron chi connectivity index (χ2n) is 5.04. The Morgan fingerprint density at radius 1 is 1.38 bits per heavy atom. The average Bonchev–Trinajstić information content (AvgIpc) is 2.89. The molecule has 0 saturated carbocycles. The van der Waals surface area contributed by atoms with E-state index in [1.807, 2.05) is 30.5 Å². The first-order valence-corrected chi connectivity index (χ1v) is 6.79. The Balaban J connectivity index is 2.05. The predicted octanol–water partition coefficient (Wildman–Crippen LogP) is 0.242. The summed E-state index contributed by atoms with van der Waals surface area (Å²) in [6.07, 6.45) is 2.30. The minimum absolute atomic E-state index is 0.0108. The van der Waals surface area contributed by atoms with Crippen LogP contribution in [0.15, 0.2) is 30.5 Å². The number of aromatic nitrogens is 1. The van der Waals surface area contributed by atoms with Crippen molar-refractivity contribution in [2.75, 3.05) is 20.6 Å². The minimum Gasteiger partial charge on any atom is -0.361 e. The van der Waals surface area contributed by atoms with Gasteiger partial charge in [0.2, 0.25) is 11.8 Å². The van der Waals surface area contributed by atoms with Gasteiger partial charge in [0.15, 0.2) is 0 Å². The average molecular weight is 288 g/mol. The van der Waals surface area contributed by atoms with Crippen LogP contribution in [0.1, 0.15) is 5.56 Å². The molecule has 2 amide bonds. The number of likely N-dealkylation sites (N-methyl/N-ethyl adjacent to an activating group) is 2. The summed E-state index contributed by atoms with van der Waals surface area (Å²) in [4.78, 5) is 28.0. The maximum Gasteiger partial charge on any atom is 0.240 e. The van der Waals surface area contributed by atoms with Gasteiger partial charge in [0.25, 0.3) is 0 Å². The number of carbonyl (C=O) groups excluding carboxylic acids is 2. The van der Waals surface area contributed by atoms with Crippen LogP contribution in [0.25, 0.3) is 10.9 Å². The van der Waals surface area contributed by atoms with E-state index in [0.29, 0.717) is 6.42 Å². The molecule has 0 bridgehead atoms. The van der Waals surface area contributed by atoms with Gasteiger partial charge in [0.1, 0.15) is 0 Å². The summed E-state index contributed by atoms with van der Waals surface area (Å²) in [6.45, 7) is 0.0108. The SMILES string of the molecule is CNC(=O)CN(C)C(=O)[C@H](N)Cc1c[nH]c2ccccc12. The van der Waals surface area contributed by atoms with Crippen molar-refractivity contribution in [1.29, 1.82) is 0 Å². The number of fused-ring (bicyclic) bond motifs is 1. The molecule has 1 atom stereocenters. The monoisotopic (exact) mass is 288 g/mol. The zero-order valence-electron chi connectivity index (χ0n) is 12.2. The fraction of sp³-hybridized carbons (Fsp3) is 0.333. The number of nitrogens with zero attached hydrogens (tertiary/aromatic N) is 1. The number of H-pyrrole nitrogens is 1. The Kier molecular flexibility index (Phi) is 4.59. The van der Waals surface area contributed by atoms with Crippen molar-refractivity contribution in [3.63, 3.8) is 0 Å². The first-order valence-electron chi connectivity index (χ1n) is 6.79. The van der Waals surface area contributed by atoms with Crippen LogP contribution in [0, 0.1) is 0 Å². The highest BCUT2D eigenvalue weighted by molar-refractivity contribution is 5.88. The third kappa shape index (κ3) is 3.41. The van der Waals surface area contributed by atoms with Crippen molar-refractivity contribution in [1.82, 2.24) is 15.2 Å². The van der Waals surface area contributed by atoms with Crippen molar-refractivity contribution in [3.05, 3.63) is 36.0 Å². The molecule has 112 valence electrons. The molecule has 21 heavy (non-hydrogen) atoms. The number of carbonyl (C=O) groups is 2. The molecule has 0 unspecified atom stereocenters. The summed E-state index contributed by atoms with van der Waals surface area (Å²) in [6, 6.07) is 7.20. The zero-order chi connectivity index (χ0) is 15.4. The van der Waals surface area contributed by atoms with Crippen LogP contribution in [0.5, 0.6) is 0 Å². The van der Waals surface area contributed by atoms with Crippen LogP contribution < -0.4 is 11.1 Å². The Labute approximate surface area is 123 Å². The highest BCUT2D eigenvalue weighted by atomic mass is 16.2. The summed E-state index contributed by atoms with van der Waals surface area (Å²) < 4.78 is 0. The van der Waals surface area contributed by atoms with Crippen LogP contribution in [0.3, 0.4) is 0 Å². The van der Waals surface area contributed by atoms with E-state index in [2.05, 4.69) is 10.3 Å². The number of rotatable bonds is 5. The number of amides is 2. The molecule has 0 aliphatic carbocycles. The maximum absolute atomic E-state index is 12.2. The number of nitrogens with two attached hydrogens (primary N) is 1. The van der Waals surface area contributed by atoms with Crippen LogP contribution in [0.2, 0.25) is 0 Å². The summed E-state index contributed by atoms with van der Waals surface area (Å²) in [5.74, 6) is -0.464. The number of benzene rings is 1. The molecule has 2 aromatic rings. The first kappa shape index (κ1) is 15.1. The van der Waals surface area contributed by atoms with E-state index in [4.69, 9.17) is 5.73 Å². The lowest BCUT2D eigenvalue weighted by Gasteiger charge is -2.20. The van der Waals surface area contributed by atoms with Crippen molar-refractivity contribution in [2.45, 2.75) is 12.5 Å². The van der Waals surface area contributed by atoms with Gasteiger partial charge in [-0.2, -0.15) is 0 Å². The van der Waals surface area contributed by atoms with Gasteiger partial charge >= 0.3 is 0 Å². The molecule has 1 heterocycles. The summed E-state index contributed by atoms with van der Waals surface area (Å²) in [5, 5.41) is 3.55. The van der Waals surface area contributed by atoms with Gasteiger partial charge in [-0.3, -0.25) is 9.59 Å². The second kappa shape index (κ2) is 6.41. The number of para-hydroxylation sites is 1. The molecule has 1 aromatic heterocycles. The molecule has 0 aliphatic rings. The van der Waals surface area contributed by atoms with Gasteiger partial charge < -0.3 is 20.9 Å². The topological polar surface area (TPSA) is 91.2 Å². The Morgan fingerprint density at radius 2 is 2.10 bits per heavy atom. The number of aromatic amines is 1. The van der Waals surface area contributed by atoms with Crippen molar-refractivity contribution < 1.29 is 9.59 Å². The predicted molar refractivity (Wildman–Crippen MR) is 81.7 cm³/mol. The van der Waals surface area contributed by atoms with Gasteiger partial charge in [0.05, 0.1) is 12.6 Å². The fourth-order valence-corrected chi connectivity index (χ4v) is 2.28. The summed E-state index contributed by atoms with van der Waals surface area (Å²) in [5.41, 5.74) is 8.00. The number of hydrogen-bond acceptors (Lipinski definition) is 3. The van der Waals surface area contributed by atoms with Crippen molar-refractivity contribution in [3.8, 4) is 0 Å². The molecule has 0 spiro atoms. The molecule has 6 nitrogen and oxygen atoms in total. The molecule has 0 fully saturated rings. The van der Waals surface area contributed by atoms with Gasteiger partial charge in [-0.15, -0.1) is 0 Å². The smallest absolute Gasteiger partial charge is 0.240 e. The molecular formula is C15H20N4O2. The van der Waals surface area contributed by atoms with Crippen molar-refractivity contribution in [2.24, 2.45) is 5.73 Å². The molecule has 0 radical (unpaired) electrons. The van der Waals surface area contributed by atoms with E-state index in [1.54, 1.807) is 7.05 Å². The van der Waals surface area contributed by atoms with Gasteiger partial charge in [-0.25, -0.2) is 0 Å². The molecule has 0 aliphatic heterocycles. The number of hydrogen-bond donors (Lipinski definition) is 3. The Morgan fingerprint density at radius 3 is 2.81 bits per heavy atom. The van der Waals surface area contributed by atoms with Crippen LogP contribution in [-0.2, 0) is 16.0 Å². The molecule has 1 aromatic carbocycles. The number of nitrogens with one attached hydrogen (secondary N) is 2. The quantitative estimate of drug-likeness (QED) is 0.736. The van der Waals surface area contributed by atoms with E-state index in [9.17, 15) is 9.59 Å². The third-order valence-corrected chi connectivity index (χ3v) is 3.47. The molecule has 2 rings (SSSR count). The van der Waals surface area contributed by atoms with Gasteiger partial charge in [-0.05, 0) is 18.1 Å². The van der Waals surface area contributed by atoms with E-state index < -0.39 is 6.04 Å². The molecule has 6 heteroatoms. The summed E-state index contributed by atoms with van der Waals surface area (Å²) >= 11 is 0. The lowest BCUT2D eigenvalue weighted by molar-refractivity contribution is -0.135. The molecule has 4 N–H and O–H groups in total. The maximum atomic E-state index is 12.2. The van der Waals surface area contributed by atoms with E-state index in [1.165, 1.54) is 11.9 Å². The molecular weight excluding hydrogens is 268 g/mol. The second-order valence-corrected chi connectivity index (χ2v) is 5.04. The van der Waals surface area contributed by atoms with Gasteiger partial charge in [-0.1, -0.05) is 18.2 Å². The lowest BCUT2D eigenvalue weighted by atomic mass is 10.0. The fourth-order valence-electron chi connectivity index (χ4n) is 2.28. The van der Waals surface area contributed by atoms with E-state index >= 15 is 0 Å². The highest BCUT2D eigenvalue weighted by Crippen LogP contribution is 2.18.